The molecule has 0 spiro atoms. The van der Waals surface area contributed by atoms with E-state index in [1.807, 2.05) is 30.3 Å². The molecule has 1 aromatic rings. The minimum Gasteiger partial charge on any atom is -0.283 e. The van der Waals surface area contributed by atoms with Crippen LogP contribution >= 0.6 is 12.4 Å². The maximum atomic E-state index is 12.3. The van der Waals surface area contributed by atoms with Gasteiger partial charge < -0.3 is 0 Å². The molecule has 2 saturated heterocycles. The monoisotopic (exact) mass is 280 g/mol. The van der Waals surface area contributed by atoms with Gasteiger partial charge in [-0.25, -0.2) is 0 Å². The number of amides is 2. The van der Waals surface area contributed by atoms with E-state index in [0.717, 1.165) is 24.9 Å². The molecular weight excluding hydrogens is 264 g/mol. The van der Waals surface area contributed by atoms with E-state index in [1.165, 1.54) is 4.90 Å². The Morgan fingerprint density at radius 3 is 2.47 bits per heavy atom. The first kappa shape index (κ1) is 14.0. The molecule has 2 heterocycles. The zero-order chi connectivity index (χ0) is 12.7. The van der Waals surface area contributed by atoms with Crippen LogP contribution < -0.4 is 0 Å². The molecule has 0 unspecified atom stereocenters. The zero-order valence-electron chi connectivity index (χ0n) is 10.8. The SMILES string of the molecule is CN1C(=O)[C@H](c2ccccc2)N2CCC[C@H]2C1=O.Cl. The van der Waals surface area contributed by atoms with Crippen LogP contribution in [0.25, 0.3) is 0 Å². The number of likely N-dealkylation sites (N-methyl/N-ethyl adjacent to an activating group) is 1. The summed E-state index contributed by atoms with van der Waals surface area (Å²) in [6, 6.07) is 9.32. The van der Waals surface area contributed by atoms with Crippen molar-refractivity contribution in [2.45, 2.75) is 24.9 Å². The van der Waals surface area contributed by atoms with Crippen LogP contribution in [0.2, 0.25) is 0 Å². The topological polar surface area (TPSA) is 40.6 Å². The Balaban J connectivity index is 0.00000133. The van der Waals surface area contributed by atoms with Crippen LogP contribution in [-0.2, 0) is 9.59 Å². The molecule has 0 radical (unpaired) electrons. The molecule has 2 amide bonds. The summed E-state index contributed by atoms with van der Waals surface area (Å²) < 4.78 is 0. The van der Waals surface area contributed by atoms with Crippen molar-refractivity contribution in [3.8, 4) is 0 Å². The summed E-state index contributed by atoms with van der Waals surface area (Å²) in [5.41, 5.74) is 0.980. The normalized spacial score (nSPS) is 27.1. The van der Waals surface area contributed by atoms with Crippen molar-refractivity contribution in [1.82, 2.24) is 9.80 Å². The lowest BCUT2D eigenvalue weighted by molar-refractivity contribution is -0.157. The van der Waals surface area contributed by atoms with Crippen molar-refractivity contribution >= 4 is 24.2 Å². The van der Waals surface area contributed by atoms with Gasteiger partial charge in [-0.2, -0.15) is 0 Å². The summed E-state index contributed by atoms with van der Waals surface area (Å²) in [7, 11) is 1.59. The van der Waals surface area contributed by atoms with Crippen molar-refractivity contribution < 1.29 is 9.59 Å². The summed E-state index contributed by atoms with van der Waals surface area (Å²) in [5, 5.41) is 0. The Hall–Kier alpha value is -1.39. The lowest BCUT2D eigenvalue weighted by Gasteiger charge is -2.39. The number of carbonyl (C=O) groups excluding carboxylic acids is 2. The largest absolute Gasteiger partial charge is 0.283 e. The molecule has 2 fully saturated rings. The lowest BCUT2D eigenvalue weighted by Crippen LogP contribution is -2.57. The number of hydrogen-bond acceptors (Lipinski definition) is 3. The standard InChI is InChI=1S/C14H16N2O2.ClH/c1-15-13(17)11-8-5-9-16(11)12(14(15)18)10-6-3-2-4-7-10;/h2-4,6-7,11-12H,5,8-9H2,1H3;1H/t11-,12-;/m0./s1. The van der Waals surface area contributed by atoms with E-state index in [1.54, 1.807) is 7.05 Å². The smallest absolute Gasteiger partial charge is 0.250 e. The summed E-state index contributed by atoms with van der Waals surface area (Å²) in [6.07, 6.45) is 1.85. The Morgan fingerprint density at radius 2 is 1.79 bits per heavy atom. The van der Waals surface area contributed by atoms with Crippen molar-refractivity contribution in [3.63, 3.8) is 0 Å². The first-order valence-corrected chi connectivity index (χ1v) is 6.32. The lowest BCUT2D eigenvalue weighted by atomic mass is 9.99. The van der Waals surface area contributed by atoms with Crippen LogP contribution in [0.1, 0.15) is 24.4 Å². The molecule has 2 aliphatic rings. The first-order valence-electron chi connectivity index (χ1n) is 6.32. The van der Waals surface area contributed by atoms with Crippen LogP contribution in [0, 0.1) is 0 Å². The minimum atomic E-state index is -0.290. The van der Waals surface area contributed by atoms with Gasteiger partial charge in [-0.15, -0.1) is 12.4 Å². The maximum absolute atomic E-state index is 12.3. The van der Waals surface area contributed by atoms with E-state index >= 15 is 0 Å². The zero-order valence-corrected chi connectivity index (χ0v) is 11.6. The second kappa shape index (κ2) is 5.31. The number of piperazine rings is 1. The van der Waals surface area contributed by atoms with Crippen LogP contribution in [0.3, 0.4) is 0 Å². The third kappa shape index (κ3) is 2.15. The van der Waals surface area contributed by atoms with Gasteiger partial charge >= 0.3 is 0 Å². The number of rotatable bonds is 1. The highest BCUT2D eigenvalue weighted by Gasteiger charge is 2.47. The Bertz CT molecular complexity index is 491. The van der Waals surface area contributed by atoms with Crippen LogP contribution in [0.15, 0.2) is 30.3 Å². The van der Waals surface area contributed by atoms with E-state index in [0.29, 0.717) is 0 Å². The van der Waals surface area contributed by atoms with E-state index in [9.17, 15) is 9.59 Å². The number of fused-ring (bicyclic) bond motifs is 1. The fourth-order valence-corrected chi connectivity index (χ4v) is 2.99. The molecule has 3 rings (SSSR count). The molecule has 5 heteroatoms. The molecule has 1 aromatic carbocycles. The molecule has 2 aliphatic heterocycles. The number of carbonyl (C=O) groups is 2. The number of halogens is 1. The number of nitrogens with zero attached hydrogens (tertiary/aromatic N) is 2. The van der Waals surface area contributed by atoms with Crippen LogP contribution in [0.4, 0.5) is 0 Å². The second-order valence-electron chi connectivity index (χ2n) is 4.94. The molecule has 0 saturated carbocycles. The van der Waals surface area contributed by atoms with Gasteiger partial charge in [0.15, 0.2) is 0 Å². The predicted molar refractivity (Wildman–Crippen MR) is 73.9 cm³/mol. The van der Waals surface area contributed by atoms with Crippen molar-refractivity contribution in [1.29, 1.82) is 0 Å². The number of hydrogen-bond donors (Lipinski definition) is 0. The van der Waals surface area contributed by atoms with Gasteiger partial charge in [0.2, 0.25) is 5.91 Å². The maximum Gasteiger partial charge on any atom is 0.250 e. The molecule has 2 atom stereocenters. The second-order valence-corrected chi connectivity index (χ2v) is 4.94. The quantitative estimate of drug-likeness (QED) is 0.734. The van der Waals surface area contributed by atoms with Crippen molar-refractivity contribution in [2.75, 3.05) is 13.6 Å². The molecule has 0 aliphatic carbocycles. The summed E-state index contributed by atoms with van der Waals surface area (Å²) in [4.78, 5) is 27.8. The summed E-state index contributed by atoms with van der Waals surface area (Å²) >= 11 is 0. The summed E-state index contributed by atoms with van der Waals surface area (Å²) in [5.74, 6) is -0.158. The number of imide groups is 1. The van der Waals surface area contributed by atoms with Gasteiger partial charge in [0, 0.05) is 13.6 Å². The van der Waals surface area contributed by atoms with Gasteiger partial charge in [-0.05, 0) is 18.4 Å². The highest BCUT2D eigenvalue weighted by Crippen LogP contribution is 2.35. The Labute approximate surface area is 118 Å². The van der Waals surface area contributed by atoms with E-state index in [-0.39, 0.29) is 36.3 Å². The van der Waals surface area contributed by atoms with E-state index in [2.05, 4.69) is 4.90 Å². The molecule has 4 nitrogen and oxygen atoms in total. The fraction of sp³-hybridized carbons (Fsp3) is 0.429. The highest BCUT2D eigenvalue weighted by atomic mass is 35.5. The average molecular weight is 281 g/mol. The van der Waals surface area contributed by atoms with Crippen LogP contribution in [0.5, 0.6) is 0 Å². The number of benzene rings is 1. The Morgan fingerprint density at radius 1 is 1.11 bits per heavy atom. The molecule has 0 N–H and O–H groups in total. The molecular formula is C14H17ClN2O2. The fourth-order valence-electron chi connectivity index (χ4n) is 2.99. The first-order chi connectivity index (χ1) is 8.70. The van der Waals surface area contributed by atoms with Gasteiger partial charge in [-0.1, -0.05) is 30.3 Å². The Kier molecular flexibility index (Phi) is 3.92. The van der Waals surface area contributed by atoms with Gasteiger partial charge in [0.05, 0.1) is 6.04 Å². The van der Waals surface area contributed by atoms with Gasteiger partial charge in [0.25, 0.3) is 5.91 Å². The highest BCUT2D eigenvalue weighted by molar-refractivity contribution is 6.03. The van der Waals surface area contributed by atoms with E-state index in [4.69, 9.17) is 0 Å². The summed E-state index contributed by atoms with van der Waals surface area (Å²) in [6.45, 7) is 0.829. The minimum absolute atomic E-state index is 0. The molecule has 19 heavy (non-hydrogen) atoms. The average Bonchev–Trinajstić information content (AvgIpc) is 2.87. The molecule has 0 bridgehead atoms. The van der Waals surface area contributed by atoms with Gasteiger partial charge in [0.1, 0.15) is 6.04 Å². The van der Waals surface area contributed by atoms with Crippen LogP contribution in [-0.4, -0.2) is 41.2 Å². The van der Waals surface area contributed by atoms with Crippen molar-refractivity contribution in [3.05, 3.63) is 35.9 Å². The van der Waals surface area contributed by atoms with E-state index < -0.39 is 0 Å². The van der Waals surface area contributed by atoms with Gasteiger partial charge in [-0.3, -0.25) is 19.4 Å². The third-order valence-corrected chi connectivity index (χ3v) is 3.92. The van der Waals surface area contributed by atoms with Crippen molar-refractivity contribution in [2.24, 2.45) is 0 Å². The molecule has 0 aromatic heterocycles. The third-order valence-electron chi connectivity index (χ3n) is 3.92. The molecule has 102 valence electrons. The predicted octanol–water partition coefficient (Wildman–Crippen LogP) is 1.61.